The first kappa shape index (κ1) is 15.7. The minimum absolute atomic E-state index is 0.0418. The number of benzene rings is 2. The fourth-order valence-corrected chi connectivity index (χ4v) is 2.87. The number of amides is 1. The second-order valence-electron chi connectivity index (χ2n) is 4.84. The Morgan fingerprint density at radius 3 is 2.67 bits per heavy atom. The summed E-state index contributed by atoms with van der Waals surface area (Å²) in [5, 5.41) is 3.43. The van der Waals surface area contributed by atoms with Crippen molar-refractivity contribution in [3.8, 4) is 0 Å². The van der Waals surface area contributed by atoms with Crippen LogP contribution >= 0.6 is 23.4 Å². The van der Waals surface area contributed by atoms with Crippen molar-refractivity contribution in [2.24, 2.45) is 0 Å². The van der Waals surface area contributed by atoms with E-state index in [9.17, 15) is 4.79 Å². The maximum absolute atomic E-state index is 12.0. The number of thioether (sulfide) groups is 1. The van der Waals surface area contributed by atoms with Gasteiger partial charge in [0.2, 0.25) is 5.91 Å². The van der Waals surface area contributed by atoms with Crippen LogP contribution < -0.4 is 11.1 Å². The Labute approximate surface area is 133 Å². The van der Waals surface area contributed by atoms with Crippen LogP contribution in [0.3, 0.4) is 0 Å². The number of carbonyl (C=O) groups excluding carboxylic acids is 1. The van der Waals surface area contributed by atoms with E-state index in [2.05, 4.69) is 5.32 Å². The first-order chi connectivity index (χ1) is 9.95. The van der Waals surface area contributed by atoms with Gasteiger partial charge in [0.05, 0.1) is 16.5 Å². The van der Waals surface area contributed by atoms with Gasteiger partial charge in [0, 0.05) is 10.6 Å². The average molecular weight is 321 g/mol. The molecule has 0 aliphatic heterocycles. The van der Waals surface area contributed by atoms with Gasteiger partial charge in [-0.1, -0.05) is 29.3 Å². The fraction of sp³-hybridized carbons (Fsp3) is 0.188. The van der Waals surface area contributed by atoms with Gasteiger partial charge in [-0.25, -0.2) is 0 Å². The molecule has 0 atom stereocenters. The molecule has 0 radical (unpaired) electrons. The Hall–Kier alpha value is -1.65. The average Bonchev–Trinajstić information content (AvgIpc) is 2.43. The highest BCUT2D eigenvalue weighted by atomic mass is 35.5. The van der Waals surface area contributed by atoms with Crippen LogP contribution in [-0.2, 0) is 4.79 Å². The number of rotatable bonds is 4. The number of hydrogen-bond donors (Lipinski definition) is 2. The van der Waals surface area contributed by atoms with E-state index in [1.54, 1.807) is 12.1 Å². The van der Waals surface area contributed by atoms with Gasteiger partial charge in [-0.2, -0.15) is 0 Å². The molecule has 2 aromatic rings. The monoisotopic (exact) mass is 320 g/mol. The fourth-order valence-electron chi connectivity index (χ4n) is 1.89. The van der Waals surface area contributed by atoms with E-state index in [-0.39, 0.29) is 5.91 Å². The highest BCUT2D eigenvalue weighted by Crippen LogP contribution is 2.26. The lowest BCUT2D eigenvalue weighted by Gasteiger charge is -2.09. The molecule has 0 saturated heterocycles. The van der Waals surface area contributed by atoms with Crippen molar-refractivity contribution >= 4 is 40.6 Å². The van der Waals surface area contributed by atoms with Crippen molar-refractivity contribution in [2.75, 3.05) is 16.8 Å². The molecule has 0 bridgehead atoms. The number of nitrogens with one attached hydrogen (secondary N) is 1. The molecular formula is C16H17ClN2OS. The van der Waals surface area contributed by atoms with Crippen LogP contribution in [0, 0.1) is 13.8 Å². The van der Waals surface area contributed by atoms with Gasteiger partial charge in [-0.05, 0) is 43.7 Å². The lowest BCUT2D eigenvalue weighted by Crippen LogP contribution is -2.14. The zero-order valence-electron chi connectivity index (χ0n) is 11.9. The predicted octanol–water partition coefficient (Wildman–Crippen LogP) is 4.27. The molecule has 0 fully saturated rings. The summed E-state index contributed by atoms with van der Waals surface area (Å²) in [6.07, 6.45) is 0. The summed E-state index contributed by atoms with van der Waals surface area (Å²) in [7, 11) is 0. The topological polar surface area (TPSA) is 55.1 Å². The summed E-state index contributed by atoms with van der Waals surface area (Å²) in [6.45, 7) is 4.01. The van der Waals surface area contributed by atoms with E-state index in [0.29, 0.717) is 16.5 Å². The van der Waals surface area contributed by atoms with Gasteiger partial charge < -0.3 is 11.1 Å². The number of nitrogen functional groups attached to an aromatic ring is 1. The van der Waals surface area contributed by atoms with E-state index in [0.717, 1.165) is 16.1 Å². The first-order valence-electron chi connectivity index (χ1n) is 6.50. The van der Waals surface area contributed by atoms with Crippen molar-refractivity contribution in [1.82, 2.24) is 0 Å². The summed E-state index contributed by atoms with van der Waals surface area (Å²) in [5.74, 6) is 0.285. The molecule has 3 N–H and O–H groups in total. The molecule has 0 aliphatic carbocycles. The van der Waals surface area contributed by atoms with E-state index < -0.39 is 0 Å². The lowest BCUT2D eigenvalue weighted by atomic mass is 10.1. The Kier molecular flexibility index (Phi) is 5.15. The van der Waals surface area contributed by atoms with Gasteiger partial charge >= 0.3 is 0 Å². The molecule has 3 nitrogen and oxygen atoms in total. The van der Waals surface area contributed by atoms with Crippen LogP contribution in [0.25, 0.3) is 0 Å². The minimum Gasteiger partial charge on any atom is -0.398 e. The molecule has 0 heterocycles. The van der Waals surface area contributed by atoms with Crippen LogP contribution in [0.2, 0.25) is 5.02 Å². The Balaban J connectivity index is 1.94. The summed E-state index contributed by atoms with van der Waals surface area (Å²) >= 11 is 7.38. The Morgan fingerprint density at radius 1 is 1.24 bits per heavy atom. The van der Waals surface area contributed by atoms with Crippen LogP contribution in [0.5, 0.6) is 0 Å². The largest absolute Gasteiger partial charge is 0.398 e. The van der Waals surface area contributed by atoms with Gasteiger partial charge in [-0.15, -0.1) is 11.8 Å². The van der Waals surface area contributed by atoms with Crippen LogP contribution in [0.4, 0.5) is 11.4 Å². The van der Waals surface area contributed by atoms with E-state index in [1.165, 1.54) is 17.3 Å². The molecule has 0 aliphatic rings. The summed E-state index contributed by atoms with van der Waals surface area (Å²) in [6, 6.07) is 11.3. The van der Waals surface area contributed by atoms with Crippen LogP contribution in [0.15, 0.2) is 41.3 Å². The normalized spacial score (nSPS) is 10.4. The highest BCUT2D eigenvalue weighted by molar-refractivity contribution is 8.00. The van der Waals surface area contributed by atoms with Crippen molar-refractivity contribution in [1.29, 1.82) is 0 Å². The first-order valence-corrected chi connectivity index (χ1v) is 7.87. The van der Waals surface area contributed by atoms with Crippen molar-refractivity contribution < 1.29 is 4.79 Å². The van der Waals surface area contributed by atoms with Gasteiger partial charge in [-0.3, -0.25) is 4.79 Å². The molecule has 21 heavy (non-hydrogen) atoms. The molecule has 0 saturated carbocycles. The number of carbonyl (C=O) groups is 1. The third kappa shape index (κ3) is 4.41. The summed E-state index contributed by atoms with van der Waals surface area (Å²) < 4.78 is 0. The van der Waals surface area contributed by atoms with Crippen molar-refractivity contribution in [3.63, 3.8) is 0 Å². The predicted molar refractivity (Wildman–Crippen MR) is 91.1 cm³/mol. The quantitative estimate of drug-likeness (QED) is 0.653. The molecule has 0 spiro atoms. The van der Waals surface area contributed by atoms with Crippen molar-refractivity contribution in [2.45, 2.75) is 18.7 Å². The summed E-state index contributed by atoms with van der Waals surface area (Å²) in [5.41, 5.74) is 9.28. The molecule has 2 aromatic carbocycles. The number of halogens is 1. The van der Waals surface area contributed by atoms with Crippen LogP contribution in [-0.4, -0.2) is 11.7 Å². The third-order valence-electron chi connectivity index (χ3n) is 3.00. The SMILES string of the molecule is Cc1ccc(NC(=O)CSc2ccc(N)c(Cl)c2)c(C)c1. The van der Waals surface area contributed by atoms with Crippen molar-refractivity contribution in [3.05, 3.63) is 52.5 Å². The molecule has 5 heteroatoms. The zero-order valence-corrected chi connectivity index (χ0v) is 13.5. The van der Waals surface area contributed by atoms with E-state index >= 15 is 0 Å². The molecule has 0 unspecified atom stereocenters. The molecule has 1 amide bonds. The van der Waals surface area contributed by atoms with E-state index in [1.807, 2.05) is 38.1 Å². The number of aryl methyl sites for hydroxylation is 2. The maximum Gasteiger partial charge on any atom is 0.234 e. The van der Waals surface area contributed by atoms with E-state index in [4.69, 9.17) is 17.3 Å². The lowest BCUT2D eigenvalue weighted by molar-refractivity contribution is -0.113. The number of anilines is 2. The minimum atomic E-state index is -0.0418. The second kappa shape index (κ2) is 6.87. The number of hydrogen-bond acceptors (Lipinski definition) is 3. The number of nitrogens with two attached hydrogens (primary N) is 1. The molecule has 110 valence electrons. The zero-order chi connectivity index (χ0) is 15.4. The summed E-state index contributed by atoms with van der Waals surface area (Å²) in [4.78, 5) is 12.9. The third-order valence-corrected chi connectivity index (χ3v) is 4.32. The van der Waals surface area contributed by atoms with Crippen LogP contribution in [0.1, 0.15) is 11.1 Å². The van der Waals surface area contributed by atoms with Gasteiger partial charge in [0.25, 0.3) is 0 Å². The van der Waals surface area contributed by atoms with Gasteiger partial charge in [0.1, 0.15) is 0 Å². The second-order valence-corrected chi connectivity index (χ2v) is 6.29. The smallest absolute Gasteiger partial charge is 0.234 e. The standard InChI is InChI=1S/C16H17ClN2OS/c1-10-3-6-15(11(2)7-10)19-16(20)9-21-12-4-5-14(18)13(17)8-12/h3-8H,9,18H2,1-2H3,(H,19,20). The van der Waals surface area contributed by atoms with Gasteiger partial charge in [0.15, 0.2) is 0 Å². The molecule has 0 aromatic heterocycles. The Morgan fingerprint density at radius 2 is 2.00 bits per heavy atom. The Bertz CT molecular complexity index is 673. The maximum atomic E-state index is 12.0. The molecular weight excluding hydrogens is 304 g/mol. The highest BCUT2D eigenvalue weighted by Gasteiger charge is 2.07. The molecule has 2 rings (SSSR count).